The van der Waals surface area contributed by atoms with E-state index in [0.717, 1.165) is 21.7 Å². The maximum atomic E-state index is 12.3. The summed E-state index contributed by atoms with van der Waals surface area (Å²) in [5.41, 5.74) is 4.30. The summed E-state index contributed by atoms with van der Waals surface area (Å²) in [6.45, 7) is -0.0552. The molecule has 0 aliphatic carbocycles. The van der Waals surface area contributed by atoms with Crippen molar-refractivity contribution in [2.45, 2.75) is 6.61 Å². The zero-order valence-electron chi connectivity index (χ0n) is 17.6. The van der Waals surface area contributed by atoms with Gasteiger partial charge in [-0.1, -0.05) is 41.4 Å². The topological polar surface area (TPSA) is 88.1 Å². The zero-order valence-corrected chi connectivity index (χ0v) is 19.9. The first-order chi connectivity index (χ1) is 15.7. The van der Waals surface area contributed by atoms with E-state index in [1.165, 1.54) is 12.3 Å². The molecule has 33 heavy (non-hydrogen) atoms. The summed E-state index contributed by atoms with van der Waals surface area (Å²) < 4.78 is 30.9. The van der Waals surface area contributed by atoms with Crippen LogP contribution in [0.2, 0.25) is 10.0 Å². The van der Waals surface area contributed by atoms with Crippen LogP contribution in [0, 0.1) is 0 Å². The Morgan fingerprint density at radius 3 is 2.33 bits per heavy atom. The van der Waals surface area contributed by atoms with E-state index in [-0.39, 0.29) is 5.69 Å². The molecular weight excluding hydrogens is 485 g/mol. The first-order valence-electron chi connectivity index (χ1n) is 9.73. The molecule has 0 heterocycles. The quantitative estimate of drug-likeness (QED) is 0.342. The van der Waals surface area contributed by atoms with Crippen LogP contribution in [0.5, 0.6) is 5.75 Å². The molecule has 3 aromatic carbocycles. The molecule has 0 aliphatic rings. The van der Waals surface area contributed by atoms with Crippen molar-refractivity contribution in [3.05, 3.63) is 94.0 Å². The van der Waals surface area contributed by atoms with Gasteiger partial charge >= 0.3 is 0 Å². The van der Waals surface area contributed by atoms with E-state index < -0.39 is 22.5 Å². The summed E-state index contributed by atoms with van der Waals surface area (Å²) in [5, 5.41) is 4.90. The lowest BCUT2D eigenvalue weighted by atomic mass is 10.2. The minimum atomic E-state index is -3.70. The number of ether oxygens (including phenoxy) is 1. The molecule has 0 bridgehead atoms. The van der Waals surface area contributed by atoms with E-state index >= 15 is 0 Å². The number of rotatable bonds is 9. The van der Waals surface area contributed by atoms with Crippen molar-refractivity contribution in [1.29, 1.82) is 0 Å². The fourth-order valence-electron chi connectivity index (χ4n) is 2.82. The van der Waals surface area contributed by atoms with Gasteiger partial charge in [0.05, 0.1) is 18.2 Å². The number of halogens is 2. The summed E-state index contributed by atoms with van der Waals surface area (Å²) in [7, 11) is -3.70. The molecule has 0 unspecified atom stereocenters. The van der Waals surface area contributed by atoms with Gasteiger partial charge in [0.1, 0.15) is 18.9 Å². The van der Waals surface area contributed by atoms with Crippen molar-refractivity contribution >= 4 is 51.0 Å². The summed E-state index contributed by atoms with van der Waals surface area (Å²) >= 11 is 11.9. The van der Waals surface area contributed by atoms with Gasteiger partial charge in [0.15, 0.2) is 0 Å². The monoisotopic (exact) mass is 505 g/mol. The minimum Gasteiger partial charge on any atom is -0.489 e. The number of carbonyl (C=O) groups is 1. The number of hydrogen-bond donors (Lipinski definition) is 1. The predicted molar refractivity (Wildman–Crippen MR) is 132 cm³/mol. The van der Waals surface area contributed by atoms with Gasteiger partial charge in [0.25, 0.3) is 5.91 Å². The van der Waals surface area contributed by atoms with Gasteiger partial charge in [-0.05, 0) is 65.7 Å². The lowest BCUT2D eigenvalue weighted by molar-refractivity contribution is -0.119. The Kier molecular flexibility index (Phi) is 8.32. The molecular formula is C23H21Cl2N3O4S. The van der Waals surface area contributed by atoms with Crippen LogP contribution in [0.3, 0.4) is 0 Å². The van der Waals surface area contributed by atoms with Crippen molar-refractivity contribution in [1.82, 2.24) is 5.43 Å². The van der Waals surface area contributed by atoms with Crippen molar-refractivity contribution < 1.29 is 17.9 Å². The van der Waals surface area contributed by atoms with Gasteiger partial charge in [0, 0.05) is 10.0 Å². The molecule has 3 aromatic rings. The molecule has 0 fully saturated rings. The lowest BCUT2D eigenvalue weighted by Gasteiger charge is -2.21. The molecule has 0 saturated heterocycles. The van der Waals surface area contributed by atoms with Crippen molar-refractivity contribution in [2.24, 2.45) is 5.10 Å². The van der Waals surface area contributed by atoms with Crippen LogP contribution in [-0.2, 0) is 21.4 Å². The number of hydrogen-bond acceptors (Lipinski definition) is 5. The second kappa shape index (κ2) is 11.2. The highest BCUT2D eigenvalue weighted by Crippen LogP contribution is 2.21. The van der Waals surface area contributed by atoms with Crippen LogP contribution in [-0.4, -0.2) is 33.3 Å². The van der Waals surface area contributed by atoms with Crippen molar-refractivity contribution in [3.63, 3.8) is 0 Å². The van der Waals surface area contributed by atoms with E-state index in [9.17, 15) is 13.2 Å². The number of nitrogens with one attached hydrogen (secondary N) is 1. The van der Waals surface area contributed by atoms with Gasteiger partial charge in [-0.15, -0.1) is 0 Å². The molecule has 172 valence electrons. The molecule has 7 nitrogen and oxygen atoms in total. The summed E-state index contributed by atoms with van der Waals surface area (Å²) in [6, 6.07) is 20.8. The molecule has 10 heteroatoms. The first kappa shape index (κ1) is 24.6. The van der Waals surface area contributed by atoms with Crippen molar-refractivity contribution in [2.75, 3.05) is 17.1 Å². The second-order valence-corrected chi connectivity index (χ2v) is 9.81. The molecule has 0 radical (unpaired) electrons. The molecule has 0 spiro atoms. The number of sulfonamides is 1. The number of carbonyl (C=O) groups excluding carboxylic acids is 1. The molecule has 0 aliphatic heterocycles. The van der Waals surface area contributed by atoms with Crippen LogP contribution in [0.1, 0.15) is 11.1 Å². The smallest absolute Gasteiger partial charge is 0.260 e. The third-order valence-electron chi connectivity index (χ3n) is 4.36. The van der Waals surface area contributed by atoms with E-state index in [2.05, 4.69) is 10.5 Å². The zero-order chi connectivity index (χ0) is 23.8. The molecule has 0 atom stereocenters. The van der Waals surface area contributed by atoms with Crippen LogP contribution in [0.15, 0.2) is 77.9 Å². The summed E-state index contributed by atoms with van der Waals surface area (Å²) in [5.74, 6) is 0.0691. The van der Waals surface area contributed by atoms with Gasteiger partial charge in [-0.2, -0.15) is 5.10 Å². The van der Waals surface area contributed by atoms with Crippen LogP contribution < -0.4 is 14.5 Å². The molecule has 3 rings (SSSR count). The highest BCUT2D eigenvalue weighted by Gasteiger charge is 2.20. The predicted octanol–water partition coefficient (Wildman–Crippen LogP) is 4.49. The lowest BCUT2D eigenvalue weighted by Crippen LogP contribution is -2.39. The summed E-state index contributed by atoms with van der Waals surface area (Å²) in [4.78, 5) is 12.3. The average molecular weight is 506 g/mol. The highest BCUT2D eigenvalue weighted by atomic mass is 35.5. The maximum absolute atomic E-state index is 12.3. The Morgan fingerprint density at radius 2 is 1.70 bits per heavy atom. The van der Waals surface area contributed by atoms with E-state index in [1.54, 1.807) is 48.5 Å². The van der Waals surface area contributed by atoms with Crippen LogP contribution >= 0.6 is 23.2 Å². The second-order valence-electron chi connectivity index (χ2n) is 7.03. The van der Waals surface area contributed by atoms with E-state index in [4.69, 9.17) is 27.9 Å². The van der Waals surface area contributed by atoms with Crippen LogP contribution in [0.4, 0.5) is 5.69 Å². The third kappa shape index (κ3) is 7.78. The number of nitrogens with zero attached hydrogens (tertiary/aromatic N) is 2. The molecule has 0 aromatic heterocycles. The number of hydrazone groups is 1. The van der Waals surface area contributed by atoms with Crippen molar-refractivity contribution in [3.8, 4) is 5.75 Å². The highest BCUT2D eigenvalue weighted by molar-refractivity contribution is 7.92. The number of benzene rings is 3. The average Bonchev–Trinajstić information content (AvgIpc) is 2.76. The van der Waals surface area contributed by atoms with E-state index in [0.29, 0.717) is 22.4 Å². The minimum absolute atomic E-state index is 0.289. The fraction of sp³-hybridized carbons (Fsp3) is 0.130. The van der Waals surface area contributed by atoms with Gasteiger partial charge in [-0.25, -0.2) is 13.8 Å². The molecule has 0 saturated carbocycles. The standard InChI is InChI=1S/C23H21Cl2N3O4S/c1-33(30,31)28(21-7-3-6-20(25)13-21)15-23(29)27-26-14-17-8-10-22(11-9-17)32-16-18-4-2-5-19(24)12-18/h2-14H,15-16H2,1H3,(H,27,29)/b26-14-. The number of anilines is 1. The van der Waals surface area contributed by atoms with Gasteiger partial charge in [-0.3, -0.25) is 9.10 Å². The van der Waals surface area contributed by atoms with Crippen LogP contribution in [0.25, 0.3) is 0 Å². The largest absolute Gasteiger partial charge is 0.489 e. The fourth-order valence-corrected chi connectivity index (χ4v) is 4.07. The SMILES string of the molecule is CS(=O)(=O)N(CC(=O)N/N=C\c1ccc(OCc2cccc(Cl)c2)cc1)c1cccc(Cl)c1. The third-order valence-corrected chi connectivity index (χ3v) is 5.97. The Bertz CT molecular complexity index is 1250. The number of amides is 1. The Labute approximate surface area is 202 Å². The van der Waals surface area contributed by atoms with Gasteiger partial charge in [0.2, 0.25) is 10.0 Å². The first-order valence-corrected chi connectivity index (χ1v) is 12.3. The molecule has 1 amide bonds. The Balaban J connectivity index is 1.54. The van der Waals surface area contributed by atoms with Gasteiger partial charge < -0.3 is 4.74 Å². The summed E-state index contributed by atoms with van der Waals surface area (Å²) in [6.07, 6.45) is 2.46. The molecule has 1 N–H and O–H groups in total. The Morgan fingerprint density at radius 1 is 1.03 bits per heavy atom. The maximum Gasteiger partial charge on any atom is 0.260 e. The Hall–Kier alpha value is -3.07. The van der Waals surface area contributed by atoms with E-state index in [1.807, 2.05) is 18.2 Å². The normalized spacial score (nSPS) is 11.4.